The first-order valence-corrected chi connectivity index (χ1v) is 9.56. The van der Waals surface area contributed by atoms with Crippen molar-refractivity contribution in [2.24, 2.45) is 5.41 Å². The Balaban J connectivity index is 2.12. The van der Waals surface area contributed by atoms with Gasteiger partial charge in [0, 0.05) is 18.8 Å². The number of nitrogens with zero attached hydrogens (tertiary/aromatic N) is 1. The van der Waals surface area contributed by atoms with Gasteiger partial charge in [0.1, 0.15) is 6.04 Å². The van der Waals surface area contributed by atoms with Crippen molar-refractivity contribution in [2.45, 2.75) is 51.5 Å². The molecule has 1 aliphatic carbocycles. The number of rotatable bonds is 2. The Morgan fingerprint density at radius 3 is 2.70 bits per heavy atom. The van der Waals surface area contributed by atoms with Crippen LogP contribution in [0.3, 0.4) is 0 Å². The average Bonchev–Trinajstić information content (AvgIpc) is 3.16. The van der Waals surface area contributed by atoms with Gasteiger partial charge in [0.15, 0.2) is 0 Å². The molecule has 6 heteroatoms. The van der Waals surface area contributed by atoms with Crippen LogP contribution in [0.25, 0.3) is 0 Å². The maximum atomic E-state index is 13.1. The number of amides is 1. The minimum atomic E-state index is -0.619. The molecular weight excluding hydrogens is 344 g/mol. The molecule has 1 N–H and O–H groups in total. The quantitative estimate of drug-likeness (QED) is 0.635. The van der Waals surface area contributed by atoms with Crippen molar-refractivity contribution in [3.8, 4) is 0 Å². The molecule has 2 aliphatic heterocycles. The number of methoxy groups -OCH3 is 1. The number of fused-ring (bicyclic) bond motifs is 1. The predicted molar refractivity (Wildman–Crippen MR) is 101 cm³/mol. The number of carbonyl (C=O) groups is 2. The Hall–Kier alpha value is -2.18. The third kappa shape index (κ3) is 2.14. The molecule has 1 spiro atoms. The van der Waals surface area contributed by atoms with Crippen LogP contribution >= 0.6 is 0 Å². The number of anilines is 1. The molecule has 0 radical (unpaired) electrons. The van der Waals surface area contributed by atoms with Crippen LogP contribution in [0.15, 0.2) is 35.5 Å². The summed E-state index contributed by atoms with van der Waals surface area (Å²) < 4.78 is 5.11. The van der Waals surface area contributed by atoms with Crippen LogP contribution in [-0.4, -0.2) is 31.6 Å². The second-order valence-electron chi connectivity index (χ2n) is 8.25. The minimum absolute atomic E-state index is 0.145. The van der Waals surface area contributed by atoms with Gasteiger partial charge < -0.3 is 15.0 Å². The largest absolute Gasteiger partial charge is 0.634 e. The zero-order valence-corrected chi connectivity index (χ0v) is 16.3. The van der Waals surface area contributed by atoms with E-state index in [1.54, 1.807) is 4.90 Å². The van der Waals surface area contributed by atoms with Crippen LogP contribution in [-0.2, 0) is 19.7 Å². The van der Waals surface area contributed by atoms with Gasteiger partial charge >= 0.3 is 5.97 Å². The second-order valence-corrected chi connectivity index (χ2v) is 8.25. The van der Waals surface area contributed by atoms with E-state index in [2.05, 4.69) is 13.8 Å². The van der Waals surface area contributed by atoms with Gasteiger partial charge in [-0.25, -0.2) is 4.79 Å². The summed E-state index contributed by atoms with van der Waals surface area (Å²) in [5.41, 5.74) is 2.05. The fraction of sp³-hybridized carbons (Fsp3) is 0.524. The lowest BCUT2D eigenvalue weighted by Gasteiger charge is -2.50. The fourth-order valence-corrected chi connectivity index (χ4v) is 5.85. The summed E-state index contributed by atoms with van der Waals surface area (Å²) in [5, 5.41) is 13.3. The van der Waals surface area contributed by atoms with Crippen molar-refractivity contribution in [3.05, 3.63) is 46.3 Å². The van der Waals surface area contributed by atoms with Gasteiger partial charge in [-0.1, -0.05) is 32.0 Å². The van der Waals surface area contributed by atoms with Gasteiger partial charge in [0.2, 0.25) is 5.91 Å². The monoisotopic (exact) mass is 370 g/mol. The van der Waals surface area contributed by atoms with E-state index in [4.69, 9.17) is 4.74 Å². The van der Waals surface area contributed by atoms with E-state index in [0.29, 0.717) is 30.7 Å². The summed E-state index contributed by atoms with van der Waals surface area (Å²) in [6.45, 7) is 6.15. The molecule has 3 aliphatic rings. The number of hydrogen-bond acceptors (Lipinski definition) is 4. The molecule has 1 amide bonds. The number of ether oxygens (including phenoxy) is 1. The summed E-state index contributed by atoms with van der Waals surface area (Å²) in [7, 11) is 1.37. The molecular formula is C21H26N2O4. The van der Waals surface area contributed by atoms with Gasteiger partial charge in [-0.05, 0) is 24.5 Å². The Morgan fingerprint density at radius 2 is 2.07 bits per heavy atom. The van der Waals surface area contributed by atoms with E-state index in [0.717, 1.165) is 17.7 Å². The van der Waals surface area contributed by atoms with E-state index >= 15 is 0 Å². The number of hydrogen-bond donors (Lipinski definition) is 1. The van der Waals surface area contributed by atoms with E-state index in [1.807, 2.05) is 24.3 Å². The topological polar surface area (TPSA) is 74.1 Å². The number of hydroxylamine groups is 2. The van der Waals surface area contributed by atoms with Crippen LogP contribution in [0, 0.1) is 10.6 Å². The smallest absolute Gasteiger partial charge is 0.335 e. The number of benzene rings is 1. The molecule has 2 heterocycles. The number of carbonyl (C=O) groups excluding carboxylic acids is 2. The molecule has 1 saturated heterocycles. The highest BCUT2D eigenvalue weighted by Gasteiger charge is 2.67. The molecule has 27 heavy (non-hydrogen) atoms. The Kier molecular flexibility index (Phi) is 3.98. The second kappa shape index (κ2) is 5.91. The van der Waals surface area contributed by atoms with Crippen molar-refractivity contribution in [3.63, 3.8) is 0 Å². The number of esters is 1. The molecule has 4 unspecified atom stereocenters. The van der Waals surface area contributed by atoms with Crippen LogP contribution in [0.5, 0.6) is 0 Å². The molecule has 4 rings (SSSR count). The number of quaternary nitrogens is 1. The SMILES string of the molecule is CCC1(C)CC(C(=O)OC)=C2N(C(C)=O)c3ccccc3C23CC[NH+]([O-])C13. The van der Waals surface area contributed by atoms with Crippen molar-refractivity contribution in [1.29, 1.82) is 0 Å². The lowest BCUT2D eigenvalue weighted by Crippen LogP contribution is -3.12. The fourth-order valence-electron chi connectivity index (χ4n) is 5.85. The first-order chi connectivity index (χ1) is 12.8. The maximum Gasteiger partial charge on any atom is 0.335 e. The first-order valence-electron chi connectivity index (χ1n) is 9.56. The normalized spacial score (nSPS) is 34.2. The molecule has 6 nitrogen and oxygen atoms in total. The Labute approximate surface area is 159 Å². The number of para-hydroxylation sites is 1. The molecule has 144 valence electrons. The van der Waals surface area contributed by atoms with Gasteiger partial charge in [0.25, 0.3) is 0 Å². The third-order valence-electron chi connectivity index (χ3n) is 6.97. The van der Waals surface area contributed by atoms with Crippen molar-refractivity contribution in [1.82, 2.24) is 0 Å². The average molecular weight is 370 g/mol. The number of nitrogens with one attached hydrogen (secondary N) is 1. The molecule has 1 aromatic rings. The summed E-state index contributed by atoms with van der Waals surface area (Å²) in [4.78, 5) is 27.1. The van der Waals surface area contributed by atoms with Gasteiger partial charge in [0.05, 0.1) is 36.0 Å². The van der Waals surface area contributed by atoms with Crippen LogP contribution in [0.2, 0.25) is 0 Å². The third-order valence-corrected chi connectivity index (χ3v) is 6.97. The van der Waals surface area contributed by atoms with E-state index in [9.17, 15) is 14.8 Å². The zero-order chi connectivity index (χ0) is 19.6. The summed E-state index contributed by atoms with van der Waals surface area (Å²) in [5.74, 6) is -0.546. The van der Waals surface area contributed by atoms with Gasteiger partial charge in [-0.3, -0.25) is 9.69 Å². The van der Waals surface area contributed by atoms with E-state index < -0.39 is 11.4 Å². The van der Waals surface area contributed by atoms with Crippen molar-refractivity contribution in [2.75, 3.05) is 18.6 Å². The van der Waals surface area contributed by atoms with E-state index in [1.165, 1.54) is 14.0 Å². The first kappa shape index (κ1) is 18.2. The highest BCUT2D eigenvalue weighted by Crippen LogP contribution is 2.61. The zero-order valence-electron chi connectivity index (χ0n) is 16.3. The van der Waals surface area contributed by atoms with Gasteiger partial charge in [-0.2, -0.15) is 0 Å². The maximum absolute atomic E-state index is 13.1. The Bertz CT molecular complexity index is 863. The molecule has 4 atom stereocenters. The van der Waals surface area contributed by atoms with Gasteiger partial charge in [-0.15, -0.1) is 0 Å². The van der Waals surface area contributed by atoms with Crippen molar-refractivity contribution >= 4 is 17.6 Å². The van der Waals surface area contributed by atoms with Crippen LogP contribution in [0.1, 0.15) is 45.6 Å². The molecule has 0 saturated carbocycles. The predicted octanol–water partition coefficient (Wildman–Crippen LogP) is 1.69. The highest BCUT2D eigenvalue weighted by atomic mass is 16.5. The molecule has 0 bridgehead atoms. The molecule has 1 fully saturated rings. The van der Waals surface area contributed by atoms with Crippen molar-refractivity contribution < 1.29 is 19.4 Å². The highest BCUT2D eigenvalue weighted by molar-refractivity contribution is 6.03. The molecule has 1 aromatic carbocycles. The lowest BCUT2D eigenvalue weighted by atomic mass is 9.56. The minimum Gasteiger partial charge on any atom is -0.634 e. The lowest BCUT2D eigenvalue weighted by molar-refractivity contribution is -0.872. The summed E-state index contributed by atoms with van der Waals surface area (Å²) in [6.07, 6.45) is 1.85. The summed E-state index contributed by atoms with van der Waals surface area (Å²) in [6, 6.07) is 7.54. The van der Waals surface area contributed by atoms with Crippen LogP contribution < -0.4 is 9.96 Å². The summed E-state index contributed by atoms with van der Waals surface area (Å²) >= 11 is 0. The standard InChI is InChI=1S/C21H26N2O4/c1-5-20(3)12-14(18(25)27-4)17-21(10-11-22(26)19(20)21)15-8-6-7-9-16(15)23(17)13(2)24/h6-9,19,22H,5,10-12H2,1-4H3. The molecule has 0 aromatic heterocycles. The Morgan fingerprint density at radius 1 is 1.37 bits per heavy atom. The van der Waals surface area contributed by atoms with Crippen LogP contribution in [0.4, 0.5) is 5.69 Å². The van der Waals surface area contributed by atoms with E-state index in [-0.39, 0.29) is 22.4 Å².